The first-order valence-electron chi connectivity index (χ1n) is 10.1. The fraction of sp³-hybridized carbons (Fsp3) is 0.429. The van der Waals surface area contributed by atoms with Crippen LogP contribution in [0.25, 0.3) is 0 Å². The summed E-state index contributed by atoms with van der Waals surface area (Å²) in [6, 6.07) is 7.36. The summed E-state index contributed by atoms with van der Waals surface area (Å²) in [6.45, 7) is 3.85. The van der Waals surface area contributed by atoms with Crippen molar-refractivity contribution < 1.29 is 4.79 Å². The van der Waals surface area contributed by atoms with Gasteiger partial charge in [0.2, 0.25) is 0 Å². The number of hydrazine groups is 1. The van der Waals surface area contributed by atoms with Gasteiger partial charge in [0.25, 0.3) is 5.91 Å². The molecule has 1 saturated heterocycles. The molecule has 0 aliphatic carbocycles. The van der Waals surface area contributed by atoms with E-state index in [1.807, 2.05) is 16.1 Å². The quantitative estimate of drug-likeness (QED) is 0.496. The van der Waals surface area contributed by atoms with E-state index in [0.717, 1.165) is 47.4 Å². The Kier molecular flexibility index (Phi) is 7.05. The molecule has 0 saturated carbocycles. The van der Waals surface area contributed by atoms with Crippen LogP contribution in [0.4, 0.5) is 5.69 Å². The summed E-state index contributed by atoms with van der Waals surface area (Å²) >= 11 is 17.8. The Hall–Kier alpha value is -1.12. The van der Waals surface area contributed by atoms with Crippen LogP contribution in [0, 0.1) is 5.92 Å². The third-order valence-corrected chi connectivity index (χ3v) is 7.84. The molecule has 1 aromatic heterocycles. The van der Waals surface area contributed by atoms with Gasteiger partial charge in [-0.15, -0.1) is 11.3 Å². The van der Waals surface area contributed by atoms with Crippen LogP contribution in [-0.4, -0.2) is 29.7 Å². The predicted octanol–water partition coefficient (Wildman–Crippen LogP) is 6.28. The van der Waals surface area contributed by atoms with Gasteiger partial charge in [0, 0.05) is 38.8 Å². The standard InChI is InChI=1S/C21H23BrCl2N4OS/c1-2-15-19(21(29)26-27-8-4-3-5-9-27)25-28(17-7-6-14(23)11-16(17)24)20(15)18-10-13(22)12-30-18/h6-7,10-12,15,20H,2-5,8-9H2,1H3,(H,26,29)/t15-,20+/m1/s1. The molecule has 4 rings (SSSR count). The number of piperidine rings is 1. The van der Waals surface area contributed by atoms with Crippen LogP contribution >= 0.6 is 50.5 Å². The molecule has 1 aromatic carbocycles. The molecule has 2 aromatic rings. The van der Waals surface area contributed by atoms with Crippen molar-refractivity contribution in [1.82, 2.24) is 10.4 Å². The molecule has 5 nitrogen and oxygen atoms in total. The lowest BCUT2D eigenvalue weighted by Crippen LogP contribution is -2.48. The number of halogens is 3. The zero-order valence-electron chi connectivity index (χ0n) is 16.6. The Morgan fingerprint density at radius 3 is 2.67 bits per heavy atom. The number of benzene rings is 1. The number of hydrogen-bond acceptors (Lipinski definition) is 5. The van der Waals surface area contributed by atoms with E-state index < -0.39 is 0 Å². The van der Waals surface area contributed by atoms with Gasteiger partial charge in [0.1, 0.15) is 5.71 Å². The van der Waals surface area contributed by atoms with Crippen molar-refractivity contribution >= 4 is 67.8 Å². The van der Waals surface area contributed by atoms with Gasteiger partial charge in [0.15, 0.2) is 0 Å². The lowest BCUT2D eigenvalue weighted by Gasteiger charge is -2.28. The van der Waals surface area contributed by atoms with Crippen molar-refractivity contribution in [2.24, 2.45) is 11.0 Å². The SMILES string of the molecule is CC[C@@H]1C(C(=O)NN2CCCCC2)=NN(c2ccc(Cl)cc2Cl)[C@@H]1c1cc(Br)cs1. The maximum atomic E-state index is 13.2. The number of carbonyl (C=O) groups is 1. The summed E-state index contributed by atoms with van der Waals surface area (Å²) in [4.78, 5) is 14.3. The lowest BCUT2D eigenvalue weighted by molar-refractivity contribution is -0.120. The van der Waals surface area contributed by atoms with Crippen molar-refractivity contribution in [3.8, 4) is 0 Å². The van der Waals surface area contributed by atoms with Crippen LogP contribution in [0.3, 0.4) is 0 Å². The summed E-state index contributed by atoms with van der Waals surface area (Å²) in [5.74, 6) is -0.177. The minimum atomic E-state index is -0.128. The zero-order chi connectivity index (χ0) is 21.3. The van der Waals surface area contributed by atoms with E-state index in [9.17, 15) is 4.79 Å². The number of anilines is 1. The Labute approximate surface area is 199 Å². The monoisotopic (exact) mass is 528 g/mol. The van der Waals surface area contributed by atoms with E-state index >= 15 is 0 Å². The molecule has 1 amide bonds. The van der Waals surface area contributed by atoms with Gasteiger partial charge in [-0.1, -0.05) is 36.5 Å². The second-order valence-corrected chi connectivity index (χ2v) is 10.2. The van der Waals surface area contributed by atoms with Gasteiger partial charge in [-0.2, -0.15) is 5.10 Å². The van der Waals surface area contributed by atoms with Crippen molar-refractivity contribution in [1.29, 1.82) is 0 Å². The minimum absolute atomic E-state index is 0.0490. The molecule has 1 N–H and O–H groups in total. The Balaban J connectivity index is 1.70. The molecule has 2 aliphatic heterocycles. The summed E-state index contributed by atoms with van der Waals surface area (Å²) in [5, 5.41) is 11.8. The highest BCUT2D eigenvalue weighted by molar-refractivity contribution is 9.10. The summed E-state index contributed by atoms with van der Waals surface area (Å²) < 4.78 is 1.02. The second-order valence-electron chi connectivity index (χ2n) is 7.54. The largest absolute Gasteiger partial charge is 0.284 e. The van der Waals surface area contributed by atoms with E-state index in [4.69, 9.17) is 28.3 Å². The van der Waals surface area contributed by atoms with Crippen molar-refractivity contribution in [2.45, 2.75) is 38.6 Å². The van der Waals surface area contributed by atoms with Gasteiger partial charge in [0.05, 0.1) is 16.8 Å². The molecule has 0 unspecified atom stereocenters. The number of hydrogen-bond donors (Lipinski definition) is 1. The summed E-state index contributed by atoms with van der Waals surface area (Å²) in [6.07, 6.45) is 4.20. The molecule has 2 aliphatic rings. The van der Waals surface area contributed by atoms with Crippen molar-refractivity contribution in [3.05, 3.63) is 49.0 Å². The molecule has 0 radical (unpaired) electrons. The fourth-order valence-electron chi connectivity index (χ4n) is 4.08. The highest BCUT2D eigenvalue weighted by Gasteiger charge is 2.42. The average molecular weight is 530 g/mol. The molecule has 160 valence electrons. The van der Waals surface area contributed by atoms with Gasteiger partial charge in [-0.25, -0.2) is 5.01 Å². The molecule has 9 heteroatoms. The zero-order valence-corrected chi connectivity index (χ0v) is 20.5. The molecule has 3 heterocycles. The first-order valence-corrected chi connectivity index (χ1v) is 12.5. The third kappa shape index (κ3) is 4.55. The number of amides is 1. The molecule has 0 bridgehead atoms. The highest BCUT2D eigenvalue weighted by Crippen LogP contribution is 2.45. The van der Waals surface area contributed by atoms with Crippen LogP contribution < -0.4 is 10.4 Å². The average Bonchev–Trinajstić information content (AvgIpc) is 3.32. The van der Waals surface area contributed by atoms with E-state index in [1.165, 1.54) is 6.42 Å². The van der Waals surface area contributed by atoms with Gasteiger partial charge < -0.3 is 0 Å². The summed E-state index contributed by atoms with van der Waals surface area (Å²) in [7, 11) is 0. The van der Waals surface area contributed by atoms with Crippen LogP contribution in [0.2, 0.25) is 10.0 Å². The normalized spacial score (nSPS) is 22.3. The minimum Gasteiger partial charge on any atom is -0.284 e. The lowest BCUT2D eigenvalue weighted by atomic mass is 9.91. The topological polar surface area (TPSA) is 47.9 Å². The molecule has 30 heavy (non-hydrogen) atoms. The first kappa shape index (κ1) is 22.1. The van der Waals surface area contributed by atoms with Crippen LogP contribution in [0.1, 0.15) is 43.5 Å². The molecular formula is C21H23BrCl2N4OS. The van der Waals surface area contributed by atoms with Crippen LogP contribution in [-0.2, 0) is 4.79 Å². The number of rotatable bonds is 5. The second kappa shape index (κ2) is 9.57. The Bertz CT molecular complexity index is 960. The predicted molar refractivity (Wildman–Crippen MR) is 128 cm³/mol. The summed E-state index contributed by atoms with van der Waals surface area (Å²) in [5.41, 5.74) is 4.37. The number of nitrogens with zero attached hydrogens (tertiary/aromatic N) is 3. The Morgan fingerprint density at radius 1 is 1.27 bits per heavy atom. The fourth-order valence-corrected chi connectivity index (χ4v) is 6.17. The Morgan fingerprint density at radius 2 is 2.03 bits per heavy atom. The van der Waals surface area contributed by atoms with E-state index in [2.05, 4.69) is 39.7 Å². The molecular weight excluding hydrogens is 507 g/mol. The van der Waals surface area contributed by atoms with Crippen LogP contribution in [0.5, 0.6) is 0 Å². The van der Waals surface area contributed by atoms with Gasteiger partial charge in [-0.05, 0) is 59.5 Å². The highest BCUT2D eigenvalue weighted by atomic mass is 79.9. The molecule has 0 spiro atoms. The van der Waals surface area contributed by atoms with Gasteiger partial charge in [-0.3, -0.25) is 15.2 Å². The van der Waals surface area contributed by atoms with E-state index in [-0.39, 0.29) is 17.9 Å². The first-order chi connectivity index (χ1) is 14.5. The van der Waals surface area contributed by atoms with Crippen molar-refractivity contribution in [2.75, 3.05) is 18.1 Å². The number of thiophene rings is 1. The smallest absolute Gasteiger partial charge is 0.282 e. The third-order valence-electron chi connectivity index (χ3n) is 5.54. The molecule has 2 atom stereocenters. The number of hydrazone groups is 1. The molecule has 1 fully saturated rings. The van der Waals surface area contributed by atoms with Crippen LogP contribution in [0.15, 0.2) is 39.2 Å². The van der Waals surface area contributed by atoms with Crippen molar-refractivity contribution in [3.63, 3.8) is 0 Å². The van der Waals surface area contributed by atoms with E-state index in [0.29, 0.717) is 15.8 Å². The number of carbonyl (C=O) groups excluding carboxylic acids is 1. The van der Waals surface area contributed by atoms with Gasteiger partial charge >= 0.3 is 0 Å². The maximum Gasteiger partial charge on any atom is 0.282 e. The maximum absolute atomic E-state index is 13.2. The van der Waals surface area contributed by atoms with E-state index in [1.54, 1.807) is 23.5 Å². The number of nitrogens with one attached hydrogen (secondary N) is 1.